The topological polar surface area (TPSA) is 173 Å². The molecular formula is C26H32Cl2N10O3S2. The summed E-state index contributed by atoms with van der Waals surface area (Å²) in [5.41, 5.74) is 1.14. The number of hydrogen-bond donors (Lipinski definition) is 4. The predicted octanol–water partition coefficient (Wildman–Crippen LogP) is 5.64. The van der Waals surface area contributed by atoms with E-state index in [9.17, 15) is 14.4 Å². The molecule has 4 amide bonds. The Bertz CT molecular complexity index is 1550. The lowest BCUT2D eigenvalue weighted by molar-refractivity contribution is 0.230. The second-order valence-electron chi connectivity index (χ2n) is 9.64. The van der Waals surface area contributed by atoms with Crippen LogP contribution in [0.5, 0.6) is 0 Å². The molecule has 13 nitrogen and oxygen atoms in total. The second-order valence-corrected chi connectivity index (χ2v) is 12.0. The molecule has 2 aromatic carbocycles. The normalized spacial score (nSPS) is 10.3. The monoisotopic (exact) mass is 666 g/mol. The molecule has 0 bridgehead atoms. The van der Waals surface area contributed by atoms with E-state index in [2.05, 4.69) is 35.7 Å². The van der Waals surface area contributed by atoms with E-state index in [0.29, 0.717) is 31.6 Å². The van der Waals surface area contributed by atoms with Crippen LogP contribution >= 0.6 is 46.5 Å². The van der Waals surface area contributed by atoms with Crippen molar-refractivity contribution in [2.45, 2.75) is 31.3 Å². The third-order valence-corrected chi connectivity index (χ3v) is 6.93. The number of aromatic nitrogens is 5. The third-order valence-electron chi connectivity index (χ3n) is 4.96. The average molecular weight is 668 g/mol. The number of para-hydroxylation sites is 1. The number of nitrogens with two attached hydrogens (primary N) is 1. The highest BCUT2D eigenvalue weighted by atomic mass is 35.5. The standard InChI is InChI=1S/C9H10Cl2N2O.C9H8N4OS.C8H14N4OS/c1-13(2)9(14)12-6-3-4-7(10)8(11)5-6;14-9(12-8-6-10-13-15-8)11-7-4-2-1-3-5-7;1-8(2,3)5-6(13)12(9)7(14-4)11-10-5/h3-5H,1-2H3,(H,12,14);1-6H,(H2,11,12,14);9H2,1-4H3. The zero-order valence-electron chi connectivity index (χ0n) is 24.3. The van der Waals surface area contributed by atoms with Crippen molar-refractivity contribution in [3.63, 3.8) is 0 Å². The lowest BCUT2D eigenvalue weighted by Gasteiger charge is -2.16. The molecule has 2 aromatic heterocycles. The van der Waals surface area contributed by atoms with Crippen molar-refractivity contribution in [1.29, 1.82) is 0 Å². The largest absolute Gasteiger partial charge is 0.334 e. The van der Waals surface area contributed by atoms with E-state index in [1.165, 1.54) is 22.9 Å². The van der Waals surface area contributed by atoms with Gasteiger partial charge in [-0.3, -0.25) is 10.1 Å². The van der Waals surface area contributed by atoms with E-state index in [1.807, 2.05) is 51.1 Å². The van der Waals surface area contributed by atoms with Crippen molar-refractivity contribution in [3.05, 3.63) is 80.8 Å². The summed E-state index contributed by atoms with van der Waals surface area (Å²) in [7, 11) is 3.32. The highest BCUT2D eigenvalue weighted by Gasteiger charge is 2.22. The van der Waals surface area contributed by atoms with Gasteiger partial charge in [0.05, 0.1) is 16.2 Å². The number of carbonyl (C=O) groups is 2. The van der Waals surface area contributed by atoms with Crippen LogP contribution in [0.25, 0.3) is 0 Å². The Kier molecular flexibility index (Phi) is 13.7. The number of benzene rings is 2. The zero-order valence-corrected chi connectivity index (χ0v) is 27.4. The Hall–Kier alpha value is -3.92. The molecule has 4 rings (SSSR count). The summed E-state index contributed by atoms with van der Waals surface area (Å²) in [5.74, 6) is 5.57. The molecule has 230 valence electrons. The van der Waals surface area contributed by atoms with E-state index in [-0.39, 0.29) is 23.0 Å². The van der Waals surface area contributed by atoms with Gasteiger partial charge in [0.15, 0.2) is 0 Å². The van der Waals surface area contributed by atoms with Gasteiger partial charge in [-0.05, 0) is 36.6 Å². The van der Waals surface area contributed by atoms with Gasteiger partial charge in [0.1, 0.15) is 10.7 Å². The van der Waals surface area contributed by atoms with Crippen LogP contribution in [0.4, 0.5) is 26.0 Å². The number of hydrogen-bond acceptors (Lipinski definition) is 10. The second kappa shape index (κ2) is 16.6. The summed E-state index contributed by atoms with van der Waals surface area (Å²) in [5, 5.41) is 21.2. The number of carbonyl (C=O) groups excluding carboxylic acids is 2. The molecule has 0 unspecified atom stereocenters. The number of nitrogen functional groups attached to an aromatic ring is 1. The van der Waals surface area contributed by atoms with Crippen LogP contribution in [0.3, 0.4) is 0 Å². The van der Waals surface area contributed by atoms with E-state index in [4.69, 9.17) is 29.0 Å². The van der Waals surface area contributed by atoms with E-state index < -0.39 is 0 Å². The first-order valence-electron chi connectivity index (χ1n) is 12.4. The molecule has 17 heteroatoms. The van der Waals surface area contributed by atoms with Gasteiger partial charge < -0.3 is 21.4 Å². The van der Waals surface area contributed by atoms with Crippen molar-refractivity contribution >= 4 is 74.9 Å². The number of nitrogens with zero attached hydrogens (tertiary/aromatic N) is 6. The van der Waals surface area contributed by atoms with Gasteiger partial charge in [0.25, 0.3) is 5.56 Å². The molecule has 0 saturated heterocycles. The fourth-order valence-corrected chi connectivity index (χ4v) is 3.94. The van der Waals surface area contributed by atoms with Crippen LogP contribution in [0.1, 0.15) is 26.5 Å². The van der Waals surface area contributed by atoms with Gasteiger partial charge >= 0.3 is 12.1 Å². The minimum absolute atomic E-state index is 0.205. The number of nitrogens with one attached hydrogen (secondary N) is 3. The summed E-state index contributed by atoms with van der Waals surface area (Å²) >= 11 is 13.9. The van der Waals surface area contributed by atoms with Crippen LogP contribution in [-0.4, -0.2) is 61.8 Å². The van der Waals surface area contributed by atoms with Gasteiger partial charge in [-0.1, -0.05) is 78.4 Å². The molecule has 43 heavy (non-hydrogen) atoms. The highest BCUT2D eigenvalue weighted by molar-refractivity contribution is 7.98. The highest BCUT2D eigenvalue weighted by Crippen LogP contribution is 2.25. The summed E-state index contributed by atoms with van der Waals surface area (Å²) in [6.45, 7) is 5.70. The molecule has 0 aliphatic rings. The Morgan fingerprint density at radius 3 is 2.19 bits per heavy atom. The Balaban J connectivity index is 0.000000225. The summed E-state index contributed by atoms with van der Waals surface area (Å²) in [6.07, 6.45) is 3.29. The predicted molar refractivity (Wildman–Crippen MR) is 175 cm³/mol. The SMILES string of the molecule is CN(C)C(=O)Nc1ccc(Cl)c(Cl)c1.CSc1nnc(C(C)(C)C)c(=O)n1N.O=C(Nc1ccccc1)Nc1cnns1. The fraction of sp³-hybridized carbons (Fsp3) is 0.269. The summed E-state index contributed by atoms with van der Waals surface area (Å²) in [6, 6.07) is 13.6. The first-order valence-corrected chi connectivity index (χ1v) is 15.1. The molecule has 0 aliphatic carbocycles. The Labute approximate surface area is 267 Å². The molecule has 0 saturated carbocycles. The molecule has 0 atom stereocenters. The minimum Gasteiger partial charge on any atom is -0.334 e. The van der Waals surface area contributed by atoms with Gasteiger partial charge in [-0.2, -0.15) is 4.68 Å². The number of urea groups is 2. The van der Waals surface area contributed by atoms with Gasteiger partial charge in [0.2, 0.25) is 5.16 Å². The number of halogens is 2. The van der Waals surface area contributed by atoms with E-state index in [1.54, 1.807) is 38.6 Å². The maximum Gasteiger partial charge on any atom is 0.324 e. The maximum absolute atomic E-state index is 11.7. The lowest BCUT2D eigenvalue weighted by Crippen LogP contribution is -2.37. The van der Waals surface area contributed by atoms with Crippen molar-refractivity contribution < 1.29 is 9.59 Å². The first-order chi connectivity index (χ1) is 20.2. The molecule has 0 aliphatic heterocycles. The molecule has 2 heterocycles. The van der Waals surface area contributed by atoms with Gasteiger partial charge in [-0.15, -0.1) is 15.3 Å². The van der Waals surface area contributed by atoms with Crippen LogP contribution in [0.2, 0.25) is 10.0 Å². The fourth-order valence-electron chi connectivity index (χ4n) is 2.82. The van der Waals surface area contributed by atoms with E-state index in [0.717, 1.165) is 21.9 Å². The van der Waals surface area contributed by atoms with Crippen LogP contribution in [-0.2, 0) is 5.41 Å². The molecule has 0 radical (unpaired) electrons. The first kappa shape index (κ1) is 35.3. The number of thioether (sulfide) groups is 1. The van der Waals surface area contributed by atoms with E-state index >= 15 is 0 Å². The third kappa shape index (κ3) is 11.7. The Morgan fingerprint density at radius 1 is 0.977 bits per heavy atom. The zero-order chi connectivity index (χ0) is 32.2. The van der Waals surface area contributed by atoms with Crippen LogP contribution in [0, 0.1) is 0 Å². The maximum atomic E-state index is 11.7. The minimum atomic E-state index is -0.331. The smallest absolute Gasteiger partial charge is 0.324 e. The number of anilines is 3. The summed E-state index contributed by atoms with van der Waals surface area (Å²) < 4.78 is 4.67. The number of amides is 4. The van der Waals surface area contributed by atoms with Gasteiger partial charge in [0, 0.05) is 42.4 Å². The Morgan fingerprint density at radius 2 is 1.65 bits per heavy atom. The molecule has 5 N–H and O–H groups in total. The van der Waals surface area contributed by atoms with Gasteiger partial charge in [-0.25, -0.2) is 9.59 Å². The molecule has 4 aromatic rings. The van der Waals surface area contributed by atoms with Crippen molar-refractivity contribution in [2.75, 3.05) is 42.1 Å². The van der Waals surface area contributed by atoms with Crippen LogP contribution in [0.15, 0.2) is 64.7 Å². The molecular weight excluding hydrogens is 635 g/mol. The van der Waals surface area contributed by atoms with Crippen LogP contribution < -0.4 is 27.4 Å². The van der Waals surface area contributed by atoms with Crippen molar-refractivity contribution in [3.8, 4) is 0 Å². The summed E-state index contributed by atoms with van der Waals surface area (Å²) in [4.78, 5) is 35.8. The molecule has 0 fully saturated rings. The van der Waals surface area contributed by atoms with Crippen molar-refractivity contribution in [2.24, 2.45) is 0 Å². The average Bonchev–Trinajstić information content (AvgIpc) is 3.45. The van der Waals surface area contributed by atoms with Crippen molar-refractivity contribution in [1.82, 2.24) is 29.4 Å². The number of rotatable bonds is 4. The quantitative estimate of drug-likeness (QED) is 0.159. The lowest BCUT2D eigenvalue weighted by atomic mass is 9.93. The molecule has 0 spiro atoms.